The summed E-state index contributed by atoms with van der Waals surface area (Å²) in [6, 6.07) is 18.3. The maximum atomic E-state index is 13.0. The summed E-state index contributed by atoms with van der Waals surface area (Å²) >= 11 is 1.53. The number of pyridine rings is 1. The first-order valence-corrected chi connectivity index (χ1v) is 11.6. The van der Waals surface area contributed by atoms with E-state index < -0.39 is 17.9 Å². The van der Waals surface area contributed by atoms with E-state index in [-0.39, 0.29) is 29.6 Å². The number of nitrogens with zero attached hydrogens (tertiary/aromatic N) is 1. The molecule has 3 aromatic rings. The Hall–Kier alpha value is -2.12. The topological polar surface area (TPSA) is 82.1 Å². The van der Waals surface area contributed by atoms with Crippen LogP contribution in [0, 0.1) is 0 Å². The van der Waals surface area contributed by atoms with Crippen molar-refractivity contribution in [1.29, 1.82) is 0 Å². The Morgan fingerprint density at radius 3 is 2.44 bits per heavy atom. The van der Waals surface area contributed by atoms with Crippen molar-refractivity contribution in [3.63, 3.8) is 0 Å². The Morgan fingerprint density at radius 1 is 1.03 bits per heavy atom. The van der Waals surface area contributed by atoms with Crippen molar-refractivity contribution in [3.8, 4) is 11.1 Å². The molecule has 0 aliphatic rings. The fourth-order valence-corrected chi connectivity index (χ4v) is 3.83. The Balaban J connectivity index is 0.00000363. The average Bonchev–Trinajstić information content (AvgIpc) is 2.81. The molecule has 1 N–H and O–H groups in total. The third-order valence-corrected chi connectivity index (χ3v) is 5.68. The van der Waals surface area contributed by atoms with Crippen molar-refractivity contribution in [2.45, 2.75) is 25.3 Å². The van der Waals surface area contributed by atoms with Gasteiger partial charge in [-0.2, -0.15) is 11.8 Å². The van der Waals surface area contributed by atoms with Gasteiger partial charge in [0.05, 0.1) is 12.0 Å². The molecule has 0 unspecified atom stereocenters. The van der Waals surface area contributed by atoms with E-state index in [2.05, 4.69) is 10.3 Å². The SMILES string of the molecule is CSCC[C@H](NC(=O)c1ccc(CCc2cccnc2)cc1-c1ccccc1)C(=O)[O-].[Na+]. The maximum Gasteiger partial charge on any atom is 1.00 e. The third-order valence-electron chi connectivity index (χ3n) is 5.04. The molecule has 0 fully saturated rings. The van der Waals surface area contributed by atoms with Gasteiger partial charge in [0, 0.05) is 18.0 Å². The van der Waals surface area contributed by atoms with E-state index in [0.717, 1.165) is 35.1 Å². The van der Waals surface area contributed by atoms with Crippen molar-refractivity contribution in [2.24, 2.45) is 0 Å². The zero-order valence-electron chi connectivity index (χ0n) is 18.4. The fraction of sp³-hybridized carbons (Fsp3) is 0.240. The van der Waals surface area contributed by atoms with Gasteiger partial charge in [-0.3, -0.25) is 9.78 Å². The zero-order valence-corrected chi connectivity index (χ0v) is 21.2. The number of aromatic nitrogens is 1. The quantitative estimate of drug-likeness (QED) is 0.439. The van der Waals surface area contributed by atoms with E-state index in [9.17, 15) is 14.7 Å². The van der Waals surface area contributed by atoms with Crippen molar-refractivity contribution in [1.82, 2.24) is 10.3 Å². The van der Waals surface area contributed by atoms with Gasteiger partial charge >= 0.3 is 29.6 Å². The van der Waals surface area contributed by atoms with Crippen molar-refractivity contribution < 1.29 is 44.3 Å². The number of carboxylic acid groups (broad SMARTS) is 1. The molecule has 0 bridgehead atoms. The first-order valence-electron chi connectivity index (χ1n) is 10.2. The molecule has 32 heavy (non-hydrogen) atoms. The van der Waals surface area contributed by atoms with Gasteiger partial charge in [-0.1, -0.05) is 48.5 Å². The molecule has 1 atom stereocenters. The Kier molecular flexibility index (Phi) is 11.0. The van der Waals surface area contributed by atoms with E-state index in [1.807, 2.05) is 67.0 Å². The number of aryl methyl sites for hydroxylation is 2. The van der Waals surface area contributed by atoms with Crippen LogP contribution >= 0.6 is 11.8 Å². The van der Waals surface area contributed by atoms with Gasteiger partial charge in [-0.25, -0.2) is 0 Å². The van der Waals surface area contributed by atoms with E-state index in [0.29, 0.717) is 17.7 Å². The number of benzene rings is 2. The molecule has 0 radical (unpaired) electrons. The van der Waals surface area contributed by atoms with Gasteiger partial charge in [0.2, 0.25) is 0 Å². The second-order valence-corrected chi connectivity index (χ2v) is 8.22. The fourth-order valence-electron chi connectivity index (χ4n) is 3.36. The number of hydrogen-bond acceptors (Lipinski definition) is 5. The van der Waals surface area contributed by atoms with Crippen molar-refractivity contribution >= 4 is 23.6 Å². The number of amides is 1. The van der Waals surface area contributed by atoms with E-state index in [4.69, 9.17) is 0 Å². The summed E-state index contributed by atoms with van der Waals surface area (Å²) in [5.74, 6) is -1.05. The number of hydrogen-bond donors (Lipinski definition) is 1. The summed E-state index contributed by atoms with van der Waals surface area (Å²) in [6.07, 6.45) is 7.47. The Bertz CT molecular complexity index is 1020. The zero-order chi connectivity index (χ0) is 22.1. The molecule has 0 spiro atoms. The predicted octanol–water partition coefficient (Wildman–Crippen LogP) is 0.139. The number of thioether (sulfide) groups is 1. The smallest absolute Gasteiger partial charge is 0.548 e. The minimum atomic E-state index is -1.27. The van der Waals surface area contributed by atoms with Crippen LogP contribution in [0.2, 0.25) is 0 Å². The molecule has 1 aromatic heterocycles. The van der Waals surface area contributed by atoms with Gasteiger partial charge < -0.3 is 15.2 Å². The van der Waals surface area contributed by atoms with Crippen LogP contribution in [0.3, 0.4) is 0 Å². The van der Waals surface area contributed by atoms with Crippen LogP contribution in [-0.2, 0) is 17.6 Å². The summed E-state index contributed by atoms with van der Waals surface area (Å²) < 4.78 is 0. The molecule has 0 aliphatic heterocycles. The first-order chi connectivity index (χ1) is 15.1. The monoisotopic (exact) mass is 456 g/mol. The van der Waals surface area contributed by atoms with Gasteiger partial charge in [-0.15, -0.1) is 0 Å². The molecule has 0 aliphatic carbocycles. The number of carboxylic acids is 1. The van der Waals surface area contributed by atoms with Crippen molar-refractivity contribution in [2.75, 3.05) is 12.0 Å². The summed E-state index contributed by atoms with van der Waals surface area (Å²) in [5.41, 5.74) is 4.38. The Labute approximate surface area is 215 Å². The van der Waals surface area contributed by atoms with Crippen LogP contribution < -0.4 is 40.0 Å². The second kappa shape index (κ2) is 13.4. The molecule has 2 aromatic carbocycles. The van der Waals surface area contributed by atoms with Crippen LogP contribution in [0.4, 0.5) is 0 Å². The molecular weight excluding hydrogens is 431 g/mol. The van der Waals surface area contributed by atoms with Crippen LogP contribution in [0.5, 0.6) is 0 Å². The molecule has 0 saturated carbocycles. The number of nitrogens with one attached hydrogen (secondary N) is 1. The van der Waals surface area contributed by atoms with Gasteiger partial charge in [0.1, 0.15) is 0 Å². The standard InChI is InChI=1S/C25H26N2O3S.Na/c1-31-15-13-23(25(29)30)27-24(28)21-12-11-18(9-10-19-6-5-14-26-17-19)16-22(21)20-7-3-2-4-8-20;/h2-8,11-12,14,16-17,23H,9-10,13,15H2,1H3,(H,27,28)(H,29,30);/q;+1/p-1/t23-;/m0./s1. The maximum absolute atomic E-state index is 13.0. The van der Waals surface area contributed by atoms with E-state index >= 15 is 0 Å². The number of carbonyl (C=O) groups excluding carboxylic acids is 2. The molecule has 1 heterocycles. The Morgan fingerprint density at radius 2 is 1.78 bits per heavy atom. The predicted molar refractivity (Wildman–Crippen MR) is 123 cm³/mol. The third kappa shape index (κ3) is 7.48. The average molecular weight is 457 g/mol. The van der Waals surface area contributed by atoms with E-state index in [1.165, 1.54) is 11.8 Å². The van der Waals surface area contributed by atoms with Crippen molar-refractivity contribution in [3.05, 3.63) is 89.7 Å². The largest absolute Gasteiger partial charge is 1.00 e. The van der Waals surface area contributed by atoms with Crippen LogP contribution in [0.15, 0.2) is 73.1 Å². The molecule has 7 heteroatoms. The number of carbonyl (C=O) groups is 2. The van der Waals surface area contributed by atoms with Crippen LogP contribution in [0.25, 0.3) is 11.1 Å². The first kappa shape index (κ1) is 26.1. The minimum Gasteiger partial charge on any atom is -0.548 e. The summed E-state index contributed by atoms with van der Waals surface area (Å²) in [5, 5.41) is 14.1. The van der Waals surface area contributed by atoms with Gasteiger partial charge in [-0.05, 0) is 65.7 Å². The van der Waals surface area contributed by atoms with E-state index in [1.54, 1.807) is 12.3 Å². The summed E-state index contributed by atoms with van der Waals surface area (Å²) in [4.78, 5) is 28.6. The molecule has 1 amide bonds. The molecule has 5 nitrogen and oxygen atoms in total. The van der Waals surface area contributed by atoms with Gasteiger partial charge in [0.15, 0.2) is 0 Å². The number of rotatable bonds is 10. The summed E-state index contributed by atoms with van der Waals surface area (Å²) in [6.45, 7) is 0. The summed E-state index contributed by atoms with van der Waals surface area (Å²) in [7, 11) is 0. The second-order valence-electron chi connectivity index (χ2n) is 7.23. The normalized spacial score (nSPS) is 11.3. The number of aliphatic carboxylic acids is 1. The molecule has 3 rings (SSSR count). The van der Waals surface area contributed by atoms with Crippen LogP contribution in [-0.4, -0.2) is 34.9 Å². The minimum absolute atomic E-state index is 0. The van der Waals surface area contributed by atoms with Gasteiger partial charge in [0.25, 0.3) is 5.91 Å². The molecule has 160 valence electrons. The molecule has 0 saturated heterocycles. The van der Waals surface area contributed by atoms with Crippen LogP contribution in [0.1, 0.15) is 27.9 Å². The molecular formula is C25H25N2NaO3S.